The van der Waals surface area contributed by atoms with Crippen LogP contribution in [0.2, 0.25) is 0 Å². The Labute approximate surface area is 190 Å². The summed E-state index contributed by atoms with van der Waals surface area (Å²) in [6.45, 7) is 3.78. The predicted octanol–water partition coefficient (Wildman–Crippen LogP) is 4.26. The number of carbonyl (C=O) groups excluding carboxylic acids is 2. The maximum Gasteiger partial charge on any atom is 0.274 e. The molecule has 3 aromatic carbocycles. The first kappa shape index (κ1) is 20.8. The van der Waals surface area contributed by atoms with Crippen LogP contribution in [-0.2, 0) is 14.4 Å². The molecule has 2 heterocycles. The molecule has 0 N–H and O–H groups in total. The van der Waals surface area contributed by atoms with Crippen molar-refractivity contribution in [2.45, 2.75) is 26.0 Å². The average Bonchev–Trinajstić information content (AvgIpc) is 3.31. The Morgan fingerprint density at radius 2 is 1.61 bits per heavy atom. The van der Waals surface area contributed by atoms with E-state index in [1.807, 2.05) is 32.0 Å². The molecule has 2 aliphatic rings. The SMILES string of the molecule is Cc1ccc(N2C(=O)[C@@H]3[C@@H](ON(c4ccccc4)[C@H]3c3ccccc3[N+](=O)[O-])C2=O)c(C)c1. The first-order chi connectivity index (χ1) is 15.9. The monoisotopic (exact) mass is 443 g/mol. The summed E-state index contributed by atoms with van der Waals surface area (Å²) in [4.78, 5) is 45.7. The van der Waals surface area contributed by atoms with Crippen LogP contribution in [0.5, 0.6) is 0 Å². The van der Waals surface area contributed by atoms with E-state index in [1.165, 1.54) is 11.1 Å². The number of fused-ring (bicyclic) bond motifs is 1. The van der Waals surface area contributed by atoms with E-state index in [1.54, 1.807) is 48.5 Å². The summed E-state index contributed by atoms with van der Waals surface area (Å²) >= 11 is 0. The van der Waals surface area contributed by atoms with Crippen LogP contribution in [0.4, 0.5) is 17.1 Å². The molecule has 0 bridgehead atoms. The van der Waals surface area contributed by atoms with E-state index in [9.17, 15) is 19.7 Å². The fourth-order valence-corrected chi connectivity index (χ4v) is 4.73. The summed E-state index contributed by atoms with van der Waals surface area (Å²) in [5, 5.41) is 13.3. The summed E-state index contributed by atoms with van der Waals surface area (Å²) in [6, 6.07) is 19.9. The van der Waals surface area contributed by atoms with Crippen LogP contribution in [-0.4, -0.2) is 22.8 Å². The van der Waals surface area contributed by atoms with Gasteiger partial charge in [-0.15, -0.1) is 0 Å². The Morgan fingerprint density at radius 3 is 2.30 bits per heavy atom. The molecule has 0 unspecified atom stereocenters. The van der Waals surface area contributed by atoms with Gasteiger partial charge in [-0.25, -0.2) is 9.96 Å². The third kappa shape index (κ3) is 3.27. The van der Waals surface area contributed by atoms with Crippen molar-refractivity contribution < 1.29 is 19.3 Å². The number of amides is 2. The van der Waals surface area contributed by atoms with E-state index in [0.29, 0.717) is 16.9 Å². The average molecular weight is 443 g/mol. The second-order valence-corrected chi connectivity index (χ2v) is 8.28. The van der Waals surface area contributed by atoms with Crippen molar-refractivity contribution in [3.63, 3.8) is 0 Å². The number of imide groups is 1. The molecule has 0 aliphatic carbocycles. The molecular formula is C25H21N3O5. The van der Waals surface area contributed by atoms with Gasteiger partial charge in [0.05, 0.1) is 21.9 Å². The largest absolute Gasteiger partial charge is 0.274 e. The molecule has 2 amide bonds. The highest BCUT2D eigenvalue weighted by Gasteiger charge is 2.61. The van der Waals surface area contributed by atoms with Crippen molar-refractivity contribution in [2.75, 3.05) is 9.96 Å². The minimum absolute atomic E-state index is 0.127. The fourth-order valence-electron chi connectivity index (χ4n) is 4.73. The maximum absolute atomic E-state index is 13.7. The molecular weight excluding hydrogens is 422 g/mol. The quantitative estimate of drug-likeness (QED) is 0.340. The lowest BCUT2D eigenvalue weighted by atomic mass is 9.89. The van der Waals surface area contributed by atoms with Crippen LogP contribution in [0, 0.1) is 29.9 Å². The van der Waals surface area contributed by atoms with Crippen molar-refractivity contribution in [3.8, 4) is 0 Å². The number of hydroxylamine groups is 1. The highest BCUT2D eigenvalue weighted by atomic mass is 16.7. The summed E-state index contributed by atoms with van der Waals surface area (Å²) in [5.41, 5.74) is 3.11. The number of nitrogens with zero attached hydrogens (tertiary/aromatic N) is 3. The lowest BCUT2D eigenvalue weighted by Gasteiger charge is -2.28. The zero-order valence-electron chi connectivity index (χ0n) is 18.0. The molecule has 2 fully saturated rings. The Bertz CT molecular complexity index is 1280. The van der Waals surface area contributed by atoms with Gasteiger partial charge in [-0.05, 0) is 43.7 Å². The van der Waals surface area contributed by atoms with Crippen LogP contribution >= 0.6 is 0 Å². The minimum Gasteiger partial charge on any atom is -0.273 e. The highest BCUT2D eigenvalue weighted by molar-refractivity contribution is 6.24. The number of benzene rings is 3. The van der Waals surface area contributed by atoms with Gasteiger partial charge in [-0.2, -0.15) is 0 Å². The van der Waals surface area contributed by atoms with Gasteiger partial charge < -0.3 is 0 Å². The molecule has 0 aromatic heterocycles. The van der Waals surface area contributed by atoms with E-state index in [4.69, 9.17) is 4.84 Å². The third-order valence-electron chi connectivity index (χ3n) is 6.17. The van der Waals surface area contributed by atoms with Crippen molar-refractivity contribution in [2.24, 2.45) is 5.92 Å². The topological polar surface area (TPSA) is 93.0 Å². The molecule has 8 nitrogen and oxygen atoms in total. The lowest BCUT2D eigenvalue weighted by molar-refractivity contribution is -0.385. The molecule has 2 saturated heterocycles. The molecule has 3 atom stereocenters. The number of rotatable bonds is 4. The van der Waals surface area contributed by atoms with E-state index < -0.39 is 34.8 Å². The second kappa shape index (κ2) is 7.83. The number of hydrogen-bond donors (Lipinski definition) is 0. The van der Waals surface area contributed by atoms with Crippen molar-refractivity contribution in [1.82, 2.24) is 0 Å². The molecule has 33 heavy (non-hydrogen) atoms. The van der Waals surface area contributed by atoms with Crippen LogP contribution in [0.25, 0.3) is 0 Å². The number of carbonyl (C=O) groups is 2. The Hall–Kier alpha value is -4.04. The minimum atomic E-state index is -1.08. The van der Waals surface area contributed by atoms with Gasteiger partial charge in [-0.3, -0.25) is 24.5 Å². The summed E-state index contributed by atoms with van der Waals surface area (Å²) in [5.74, 6) is -1.84. The van der Waals surface area contributed by atoms with E-state index >= 15 is 0 Å². The molecule has 5 rings (SSSR count). The fraction of sp³-hybridized carbons (Fsp3) is 0.200. The third-order valence-corrected chi connectivity index (χ3v) is 6.17. The smallest absolute Gasteiger partial charge is 0.273 e. The number of nitro benzene ring substituents is 1. The number of hydrogen-bond acceptors (Lipinski definition) is 6. The van der Waals surface area contributed by atoms with Crippen LogP contribution in [0.15, 0.2) is 72.8 Å². The zero-order chi connectivity index (χ0) is 23.3. The Balaban J connectivity index is 1.64. The van der Waals surface area contributed by atoms with Crippen molar-refractivity contribution in [1.29, 1.82) is 0 Å². The normalized spacial score (nSPS) is 22.1. The van der Waals surface area contributed by atoms with Gasteiger partial charge in [0.2, 0.25) is 5.91 Å². The lowest BCUT2D eigenvalue weighted by Crippen LogP contribution is -2.37. The molecule has 8 heteroatoms. The number of aryl methyl sites for hydroxylation is 2. The van der Waals surface area contributed by atoms with Gasteiger partial charge in [0.15, 0.2) is 6.10 Å². The summed E-state index contributed by atoms with van der Waals surface area (Å²) in [6.07, 6.45) is -1.08. The van der Waals surface area contributed by atoms with Crippen LogP contribution < -0.4 is 9.96 Å². The highest BCUT2D eigenvalue weighted by Crippen LogP contribution is 2.49. The van der Waals surface area contributed by atoms with Gasteiger partial charge >= 0.3 is 0 Å². The van der Waals surface area contributed by atoms with Crippen LogP contribution in [0.1, 0.15) is 22.7 Å². The molecule has 0 radical (unpaired) electrons. The van der Waals surface area contributed by atoms with Gasteiger partial charge in [0, 0.05) is 6.07 Å². The zero-order valence-corrected chi connectivity index (χ0v) is 18.0. The Kier molecular flexibility index (Phi) is 4.94. The number of anilines is 2. The Morgan fingerprint density at radius 1 is 0.909 bits per heavy atom. The molecule has 166 valence electrons. The second-order valence-electron chi connectivity index (χ2n) is 8.28. The number of para-hydroxylation sites is 2. The first-order valence-corrected chi connectivity index (χ1v) is 10.6. The standard InChI is InChI=1S/C25H21N3O5/c1-15-12-13-19(16(2)14-15)26-24(29)21-22(18-10-6-7-11-20(18)28(31)32)27(33-23(21)25(26)30)17-8-4-3-5-9-17/h3-14,21-23H,1-2H3/t21-,22-,23+/m0/s1. The number of nitro groups is 1. The first-order valence-electron chi connectivity index (χ1n) is 10.6. The van der Waals surface area contributed by atoms with Gasteiger partial charge in [-0.1, -0.05) is 48.0 Å². The maximum atomic E-state index is 13.7. The van der Waals surface area contributed by atoms with E-state index in [-0.39, 0.29) is 5.69 Å². The van der Waals surface area contributed by atoms with E-state index in [2.05, 4.69) is 0 Å². The summed E-state index contributed by atoms with van der Waals surface area (Å²) < 4.78 is 0. The molecule has 0 saturated carbocycles. The molecule has 2 aliphatic heterocycles. The summed E-state index contributed by atoms with van der Waals surface area (Å²) in [7, 11) is 0. The van der Waals surface area contributed by atoms with E-state index in [0.717, 1.165) is 16.0 Å². The van der Waals surface area contributed by atoms with Gasteiger partial charge in [0.25, 0.3) is 11.6 Å². The molecule has 3 aromatic rings. The van der Waals surface area contributed by atoms with Crippen LogP contribution in [0.3, 0.4) is 0 Å². The van der Waals surface area contributed by atoms with Crippen molar-refractivity contribution in [3.05, 3.63) is 99.6 Å². The van der Waals surface area contributed by atoms with Crippen molar-refractivity contribution >= 4 is 28.9 Å². The molecule has 0 spiro atoms. The van der Waals surface area contributed by atoms with Gasteiger partial charge in [0.1, 0.15) is 12.0 Å². The predicted molar refractivity (Wildman–Crippen MR) is 122 cm³/mol.